The van der Waals surface area contributed by atoms with Gasteiger partial charge in [-0.2, -0.15) is 10.2 Å². The van der Waals surface area contributed by atoms with E-state index in [0.717, 1.165) is 0 Å². The van der Waals surface area contributed by atoms with Gasteiger partial charge in [0, 0.05) is 0 Å². The molecule has 9 nitrogen and oxygen atoms in total. The third kappa shape index (κ3) is 3.41. The standard InChI is InChI=1S/C17H20N4O5/c1-16(2,3)26-15(22)21-12(9-25-17(21,4)5)14-20-11(8-24-14)13-19-10(6-18)7-23-13/h7-8,12H,9H2,1-5H3/t12-/m0/s1. The zero-order valence-corrected chi connectivity index (χ0v) is 15.3. The third-order valence-corrected chi connectivity index (χ3v) is 3.72. The molecule has 1 atom stereocenters. The minimum atomic E-state index is -0.876. The summed E-state index contributed by atoms with van der Waals surface area (Å²) in [5.41, 5.74) is -1.05. The maximum Gasteiger partial charge on any atom is 0.413 e. The first kappa shape index (κ1) is 17.9. The van der Waals surface area contributed by atoms with E-state index in [1.807, 2.05) is 6.07 Å². The molecule has 2 aromatic heterocycles. The molecule has 0 aromatic carbocycles. The second-order valence-electron chi connectivity index (χ2n) is 7.34. The Morgan fingerprint density at radius 1 is 1.35 bits per heavy atom. The van der Waals surface area contributed by atoms with Crippen molar-refractivity contribution in [1.82, 2.24) is 14.9 Å². The van der Waals surface area contributed by atoms with Gasteiger partial charge in [-0.15, -0.1) is 0 Å². The van der Waals surface area contributed by atoms with Gasteiger partial charge in [0.2, 0.25) is 11.8 Å². The number of nitriles is 1. The van der Waals surface area contributed by atoms with Gasteiger partial charge in [0.15, 0.2) is 11.4 Å². The summed E-state index contributed by atoms with van der Waals surface area (Å²) in [6, 6.07) is 1.32. The monoisotopic (exact) mass is 360 g/mol. The summed E-state index contributed by atoms with van der Waals surface area (Å²) in [5.74, 6) is 0.437. The number of amides is 1. The minimum absolute atomic E-state index is 0.144. The quantitative estimate of drug-likeness (QED) is 0.801. The fraction of sp³-hybridized carbons (Fsp3) is 0.529. The molecule has 2 aromatic rings. The second kappa shape index (κ2) is 6.14. The van der Waals surface area contributed by atoms with Gasteiger partial charge in [-0.1, -0.05) is 0 Å². The number of hydrogen-bond donors (Lipinski definition) is 0. The van der Waals surface area contributed by atoms with Crippen molar-refractivity contribution in [2.24, 2.45) is 0 Å². The molecule has 1 amide bonds. The third-order valence-electron chi connectivity index (χ3n) is 3.72. The molecule has 1 fully saturated rings. The second-order valence-corrected chi connectivity index (χ2v) is 7.34. The Kier molecular flexibility index (Phi) is 4.24. The fourth-order valence-electron chi connectivity index (χ4n) is 2.62. The lowest BCUT2D eigenvalue weighted by atomic mass is 10.2. The fourth-order valence-corrected chi connectivity index (χ4v) is 2.62. The molecule has 0 radical (unpaired) electrons. The van der Waals surface area contributed by atoms with Crippen LogP contribution in [0, 0.1) is 11.3 Å². The first-order chi connectivity index (χ1) is 12.1. The Hall–Kier alpha value is -2.86. The van der Waals surface area contributed by atoms with Crippen molar-refractivity contribution >= 4 is 6.09 Å². The van der Waals surface area contributed by atoms with Crippen LogP contribution in [0.3, 0.4) is 0 Å². The van der Waals surface area contributed by atoms with Crippen molar-refractivity contribution in [2.75, 3.05) is 6.61 Å². The zero-order chi connectivity index (χ0) is 19.1. The lowest BCUT2D eigenvalue weighted by Crippen LogP contribution is -2.47. The van der Waals surface area contributed by atoms with E-state index < -0.39 is 23.5 Å². The van der Waals surface area contributed by atoms with Crippen molar-refractivity contribution in [2.45, 2.75) is 52.0 Å². The average molecular weight is 360 g/mol. The average Bonchev–Trinajstić information content (AvgIpc) is 3.21. The lowest BCUT2D eigenvalue weighted by molar-refractivity contribution is -0.0634. The molecule has 0 N–H and O–H groups in total. The van der Waals surface area contributed by atoms with Gasteiger partial charge in [0.25, 0.3) is 0 Å². The summed E-state index contributed by atoms with van der Waals surface area (Å²) in [4.78, 5) is 22.5. The molecule has 138 valence electrons. The number of hydrogen-bond acceptors (Lipinski definition) is 8. The van der Waals surface area contributed by atoms with Crippen LogP contribution in [0.25, 0.3) is 11.6 Å². The highest BCUT2D eigenvalue weighted by molar-refractivity contribution is 5.70. The van der Waals surface area contributed by atoms with Crippen LogP contribution in [0.15, 0.2) is 21.4 Å². The number of ether oxygens (including phenoxy) is 2. The molecule has 1 aliphatic heterocycles. The van der Waals surface area contributed by atoms with Crippen LogP contribution in [0.1, 0.15) is 52.2 Å². The highest BCUT2D eigenvalue weighted by Crippen LogP contribution is 2.38. The molecule has 1 saturated heterocycles. The van der Waals surface area contributed by atoms with Gasteiger partial charge in [0.1, 0.15) is 36.0 Å². The molecule has 9 heteroatoms. The maximum atomic E-state index is 12.7. The van der Waals surface area contributed by atoms with Gasteiger partial charge in [0.05, 0.1) is 6.61 Å². The van der Waals surface area contributed by atoms with Crippen molar-refractivity contribution in [3.8, 4) is 17.7 Å². The molecule has 0 bridgehead atoms. The molecule has 0 saturated carbocycles. The largest absolute Gasteiger partial charge is 0.446 e. The SMILES string of the molecule is CC(C)(C)OC(=O)N1[C@H](c2nc(-c3nc(C#N)co3)co2)COC1(C)C. The maximum absolute atomic E-state index is 12.7. The Labute approximate surface area is 150 Å². The molecular weight excluding hydrogens is 340 g/mol. The van der Waals surface area contributed by atoms with E-state index in [1.54, 1.807) is 34.6 Å². The van der Waals surface area contributed by atoms with Gasteiger partial charge >= 0.3 is 6.09 Å². The summed E-state index contributed by atoms with van der Waals surface area (Å²) >= 11 is 0. The van der Waals surface area contributed by atoms with Crippen LogP contribution in [-0.4, -0.2) is 38.9 Å². The van der Waals surface area contributed by atoms with E-state index in [1.165, 1.54) is 17.4 Å². The van der Waals surface area contributed by atoms with Crippen molar-refractivity contribution in [3.63, 3.8) is 0 Å². The normalized spacial score (nSPS) is 19.4. The van der Waals surface area contributed by atoms with Crippen LogP contribution in [-0.2, 0) is 9.47 Å². The first-order valence-corrected chi connectivity index (χ1v) is 8.08. The van der Waals surface area contributed by atoms with E-state index in [9.17, 15) is 4.79 Å². The van der Waals surface area contributed by atoms with Crippen molar-refractivity contribution in [3.05, 3.63) is 24.1 Å². The molecule has 0 aliphatic carbocycles. The molecule has 3 rings (SSSR count). The topological polar surface area (TPSA) is 115 Å². The highest BCUT2D eigenvalue weighted by atomic mass is 16.6. The number of nitrogens with zero attached hydrogens (tertiary/aromatic N) is 4. The smallest absolute Gasteiger partial charge is 0.413 e. The van der Waals surface area contributed by atoms with E-state index in [0.29, 0.717) is 5.69 Å². The van der Waals surface area contributed by atoms with Crippen LogP contribution < -0.4 is 0 Å². The number of oxazole rings is 2. The number of carbonyl (C=O) groups excluding carboxylic acids is 1. The Balaban J connectivity index is 1.88. The molecular formula is C17H20N4O5. The summed E-state index contributed by atoms with van der Waals surface area (Å²) in [5, 5.41) is 8.83. The molecule has 1 aliphatic rings. The molecule has 26 heavy (non-hydrogen) atoms. The predicted octanol–water partition coefficient (Wildman–Crippen LogP) is 3.25. The van der Waals surface area contributed by atoms with Crippen molar-refractivity contribution < 1.29 is 23.1 Å². The van der Waals surface area contributed by atoms with Crippen LogP contribution in [0.5, 0.6) is 0 Å². The van der Waals surface area contributed by atoms with Gasteiger partial charge in [-0.3, -0.25) is 4.90 Å². The lowest BCUT2D eigenvalue weighted by Gasteiger charge is -2.34. The van der Waals surface area contributed by atoms with E-state index >= 15 is 0 Å². The van der Waals surface area contributed by atoms with Crippen molar-refractivity contribution in [1.29, 1.82) is 5.26 Å². The van der Waals surface area contributed by atoms with E-state index in [2.05, 4.69) is 9.97 Å². The summed E-state index contributed by atoms with van der Waals surface area (Å²) in [6.45, 7) is 9.14. The summed E-state index contributed by atoms with van der Waals surface area (Å²) < 4.78 is 22.0. The molecule has 0 spiro atoms. The van der Waals surface area contributed by atoms with Gasteiger partial charge in [-0.25, -0.2) is 9.78 Å². The van der Waals surface area contributed by atoms with E-state index in [-0.39, 0.29) is 24.1 Å². The number of rotatable bonds is 2. The van der Waals surface area contributed by atoms with Crippen LogP contribution in [0.4, 0.5) is 4.79 Å². The molecule has 3 heterocycles. The Morgan fingerprint density at radius 2 is 2.08 bits per heavy atom. The number of aromatic nitrogens is 2. The van der Waals surface area contributed by atoms with Crippen LogP contribution >= 0.6 is 0 Å². The summed E-state index contributed by atoms with van der Waals surface area (Å²) in [7, 11) is 0. The van der Waals surface area contributed by atoms with Gasteiger partial charge < -0.3 is 18.3 Å². The highest BCUT2D eigenvalue weighted by Gasteiger charge is 2.48. The number of carbonyl (C=O) groups is 1. The first-order valence-electron chi connectivity index (χ1n) is 8.08. The summed E-state index contributed by atoms with van der Waals surface area (Å²) in [6.07, 6.45) is 2.08. The van der Waals surface area contributed by atoms with Gasteiger partial charge in [-0.05, 0) is 34.6 Å². The van der Waals surface area contributed by atoms with Crippen LogP contribution in [0.2, 0.25) is 0 Å². The predicted molar refractivity (Wildman–Crippen MR) is 87.6 cm³/mol. The van der Waals surface area contributed by atoms with E-state index in [4.69, 9.17) is 23.6 Å². The Morgan fingerprint density at radius 3 is 2.69 bits per heavy atom. The minimum Gasteiger partial charge on any atom is -0.446 e. The molecule has 0 unspecified atom stereocenters. The zero-order valence-electron chi connectivity index (χ0n) is 15.3. The Bertz CT molecular complexity index is 855.